The maximum absolute atomic E-state index is 12.6. The number of carbonyl (C=O) groups is 2. The third kappa shape index (κ3) is 3.15. The van der Waals surface area contributed by atoms with Crippen LogP contribution in [-0.2, 0) is 28.8 Å². The summed E-state index contributed by atoms with van der Waals surface area (Å²) in [6.45, 7) is 1.64. The van der Waals surface area contributed by atoms with E-state index in [4.69, 9.17) is 4.74 Å². The molecular weight excluding hydrogens is 326 g/mol. The van der Waals surface area contributed by atoms with Crippen LogP contribution in [0.4, 0.5) is 0 Å². The molecule has 0 radical (unpaired) electrons. The fraction of sp³-hybridized carbons (Fsp3) is 0.273. The van der Waals surface area contributed by atoms with Crippen molar-refractivity contribution in [3.8, 4) is 0 Å². The number of nitrogens with one attached hydrogen (secondary N) is 1. The van der Waals surface area contributed by atoms with E-state index < -0.39 is 12.1 Å². The zero-order valence-corrected chi connectivity index (χ0v) is 14.7. The Kier molecular flexibility index (Phi) is 4.33. The Morgan fingerprint density at radius 3 is 2.81 bits per heavy atom. The number of H-pyrrole nitrogens is 1. The Morgan fingerprint density at radius 1 is 1.12 bits per heavy atom. The largest absolute Gasteiger partial charge is 0.454 e. The third-order valence-electron chi connectivity index (χ3n) is 5.07. The molecule has 3 aromatic rings. The van der Waals surface area contributed by atoms with Crippen molar-refractivity contribution in [3.05, 3.63) is 70.9 Å². The number of hydrogen-bond donors (Lipinski definition) is 1. The van der Waals surface area contributed by atoms with Gasteiger partial charge in [-0.2, -0.15) is 0 Å². The van der Waals surface area contributed by atoms with Crippen LogP contribution in [0.15, 0.2) is 48.7 Å². The van der Waals surface area contributed by atoms with E-state index in [1.165, 1.54) is 11.1 Å². The van der Waals surface area contributed by atoms with E-state index in [2.05, 4.69) is 4.98 Å². The lowest BCUT2D eigenvalue weighted by molar-refractivity contribution is -0.145. The number of para-hydroxylation sites is 1. The quantitative estimate of drug-likeness (QED) is 0.560. The van der Waals surface area contributed by atoms with E-state index >= 15 is 0 Å². The van der Waals surface area contributed by atoms with Crippen LogP contribution in [0.3, 0.4) is 0 Å². The molecule has 0 amide bonds. The molecule has 0 saturated carbocycles. The van der Waals surface area contributed by atoms with Crippen LogP contribution in [0.5, 0.6) is 0 Å². The summed E-state index contributed by atoms with van der Waals surface area (Å²) < 4.78 is 5.41. The van der Waals surface area contributed by atoms with Crippen molar-refractivity contribution in [2.75, 3.05) is 0 Å². The molecule has 4 nitrogen and oxygen atoms in total. The molecule has 1 N–H and O–H groups in total. The summed E-state index contributed by atoms with van der Waals surface area (Å²) in [4.78, 5) is 28.1. The summed E-state index contributed by atoms with van der Waals surface area (Å²) >= 11 is 0. The van der Waals surface area contributed by atoms with E-state index in [0.29, 0.717) is 5.56 Å². The molecule has 1 heterocycles. The summed E-state index contributed by atoms with van der Waals surface area (Å²) in [5, 5.41) is 1.00. The molecule has 1 atom stereocenters. The lowest BCUT2D eigenvalue weighted by Crippen LogP contribution is -2.25. The van der Waals surface area contributed by atoms with Gasteiger partial charge in [0.05, 0.1) is 6.42 Å². The molecule has 26 heavy (non-hydrogen) atoms. The monoisotopic (exact) mass is 347 g/mol. The van der Waals surface area contributed by atoms with Crippen LogP contribution in [0, 0.1) is 0 Å². The van der Waals surface area contributed by atoms with E-state index in [1.54, 1.807) is 6.92 Å². The maximum Gasteiger partial charge on any atom is 0.311 e. The number of hydrogen-bond acceptors (Lipinski definition) is 3. The average molecular weight is 347 g/mol. The van der Waals surface area contributed by atoms with Crippen molar-refractivity contribution in [1.29, 1.82) is 0 Å². The van der Waals surface area contributed by atoms with Crippen molar-refractivity contribution in [3.63, 3.8) is 0 Å². The SMILES string of the molecule is C[C@H](OC(=O)Cc1c[nH]c2ccccc12)C(=O)c1ccc2c(c1)CCC2. The van der Waals surface area contributed by atoms with E-state index in [0.717, 1.165) is 35.7 Å². The second kappa shape index (κ2) is 6.79. The van der Waals surface area contributed by atoms with E-state index in [1.807, 2.05) is 48.7 Å². The number of aryl methyl sites for hydroxylation is 2. The van der Waals surface area contributed by atoms with Crippen LogP contribution in [0.1, 0.15) is 40.4 Å². The normalized spacial score (nSPS) is 14.2. The Balaban J connectivity index is 1.43. The van der Waals surface area contributed by atoms with Crippen LogP contribution in [0.25, 0.3) is 10.9 Å². The van der Waals surface area contributed by atoms with Gasteiger partial charge in [-0.15, -0.1) is 0 Å². The highest BCUT2D eigenvalue weighted by Gasteiger charge is 2.22. The molecule has 0 spiro atoms. The molecule has 4 heteroatoms. The number of ketones is 1. The number of esters is 1. The van der Waals surface area contributed by atoms with Crippen molar-refractivity contribution in [1.82, 2.24) is 4.98 Å². The summed E-state index contributed by atoms with van der Waals surface area (Å²) in [6.07, 6.45) is 4.42. The molecule has 132 valence electrons. The molecular formula is C22H21NO3. The van der Waals surface area contributed by atoms with Gasteiger partial charge in [0.15, 0.2) is 6.10 Å². The minimum atomic E-state index is -0.785. The predicted molar refractivity (Wildman–Crippen MR) is 100 cm³/mol. The highest BCUT2D eigenvalue weighted by Crippen LogP contribution is 2.24. The summed E-state index contributed by atoms with van der Waals surface area (Å²) in [5.74, 6) is -0.538. The van der Waals surface area contributed by atoms with Gasteiger partial charge in [-0.3, -0.25) is 9.59 Å². The van der Waals surface area contributed by atoms with Crippen LogP contribution < -0.4 is 0 Å². The highest BCUT2D eigenvalue weighted by atomic mass is 16.5. The smallest absolute Gasteiger partial charge is 0.311 e. The molecule has 1 aliphatic rings. The van der Waals surface area contributed by atoms with Gasteiger partial charge >= 0.3 is 5.97 Å². The van der Waals surface area contributed by atoms with Gasteiger partial charge in [0.2, 0.25) is 5.78 Å². The average Bonchev–Trinajstić information content (AvgIpc) is 3.27. The Morgan fingerprint density at radius 2 is 1.92 bits per heavy atom. The Labute approximate surface area is 152 Å². The zero-order chi connectivity index (χ0) is 18.1. The standard InChI is InChI=1S/C22H21NO3/c1-14(22(25)17-10-9-15-5-4-6-16(15)11-17)26-21(24)12-18-13-23-20-8-3-2-7-19(18)20/h2-3,7-11,13-14,23H,4-6,12H2,1H3/t14-/m0/s1. The molecule has 1 aliphatic carbocycles. The summed E-state index contributed by atoms with van der Waals surface area (Å²) in [5.41, 5.74) is 5.05. The van der Waals surface area contributed by atoms with Crippen molar-refractivity contribution in [2.24, 2.45) is 0 Å². The number of carbonyl (C=O) groups excluding carboxylic acids is 2. The Bertz CT molecular complexity index is 986. The minimum absolute atomic E-state index is 0.145. The number of aromatic nitrogens is 1. The maximum atomic E-state index is 12.6. The lowest BCUT2D eigenvalue weighted by Gasteiger charge is -2.13. The first-order valence-electron chi connectivity index (χ1n) is 9.02. The summed E-state index contributed by atoms with van der Waals surface area (Å²) in [7, 11) is 0. The van der Waals surface area contributed by atoms with E-state index in [-0.39, 0.29) is 12.2 Å². The molecule has 4 rings (SSSR count). The van der Waals surface area contributed by atoms with Gasteiger partial charge < -0.3 is 9.72 Å². The fourth-order valence-electron chi connectivity index (χ4n) is 3.69. The molecule has 0 unspecified atom stereocenters. The predicted octanol–water partition coefficient (Wildman–Crippen LogP) is 4.01. The van der Waals surface area contributed by atoms with Crippen LogP contribution in [0.2, 0.25) is 0 Å². The van der Waals surface area contributed by atoms with Gasteiger partial charge in [-0.05, 0) is 55.0 Å². The molecule has 1 aromatic heterocycles. The fourth-order valence-corrected chi connectivity index (χ4v) is 3.69. The van der Waals surface area contributed by atoms with Crippen LogP contribution in [-0.4, -0.2) is 22.8 Å². The van der Waals surface area contributed by atoms with Crippen molar-refractivity contribution >= 4 is 22.7 Å². The first-order valence-corrected chi connectivity index (χ1v) is 9.02. The van der Waals surface area contributed by atoms with Gasteiger partial charge in [0.1, 0.15) is 0 Å². The van der Waals surface area contributed by atoms with Crippen molar-refractivity contribution < 1.29 is 14.3 Å². The number of fused-ring (bicyclic) bond motifs is 2. The Hall–Kier alpha value is -2.88. The second-order valence-corrected chi connectivity index (χ2v) is 6.87. The minimum Gasteiger partial charge on any atom is -0.454 e. The molecule has 0 saturated heterocycles. The second-order valence-electron chi connectivity index (χ2n) is 6.87. The van der Waals surface area contributed by atoms with Gasteiger partial charge in [-0.25, -0.2) is 0 Å². The number of aromatic amines is 1. The zero-order valence-electron chi connectivity index (χ0n) is 14.7. The van der Waals surface area contributed by atoms with Crippen LogP contribution >= 0.6 is 0 Å². The number of Topliss-reactive ketones (excluding diaryl/α,β-unsaturated/α-hetero) is 1. The molecule has 2 aromatic carbocycles. The highest BCUT2D eigenvalue weighted by molar-refractivity contribution is 6.00. The lowest BCUT2D eigenvalue weighted by atomic mass is 10.0. The number of ether oxygens (including phenoxy) is 1. The third-order valence-corrected chi connectivity index (χ3v) is 5.07. The molecule has 0 bridgehead atoms. The first kappa shape index (κ1) is 16.6. The van der Waals surface area contributed by atoms with E-state index in [9.17, 15) is 9.59 Å². The number of rotatable bonds is 5. The van der Waals surface area contributed by atoms with Crippen molar-refractivity contribution in [2.45, 2.75) is 38.7 Å². The summed E-state index contributed by atoms with van der Waals surface area (Å²) in [6, 6.07) is 13.6. The number of benzene rings is 2. The van der Waals surface area contributed by atoms with Gasteiger partial charge in [0, 0.05) is 22.7 Å². The van der Waals surface area contributed by atoms with Gasteiger partial charge in [0.25, 0.3) is 0 Å². The first-order chi connectivity index (χ1) is 12.6. The molecule has 0 aliphatic heterocycles. The topological polar surface area (TPSA) is 59.2 Å². The molecule has 0 fully saturated rings. The van der Waals surface area contributed by atoms with Gasteiger partial charge in [-0.1, -0.05) is 30.3 Å².